The Bertz CT molecular complexity index is 1040. The fraction of sp³-hybridized carbons (Fsp3) is 0.360. The highest BCUT2D eigenvalue weighted by atomic mass is 16.2. The van der Waals surface area contributed by atoms with Gasteiger partial charge in [-0.25, -0.2) is 0 Å². The van der Waals surface area contributed by atoms with E-state index >= 15 is 0 Å². The highest BCUT2D eigenvalue weighted by Crippen LogP contribution is 2.24. The summed E-state index contributed by atoms with van der Waals surface area (Å²) in [5.41, 5.74) is 11.7. The van der Waals surface area contributed by atoms with E-state index in [1.54, 1.807) is 12.1 Å². The molecule has 0 radical (unpaired) electrons. The van der Waals surface area contributed by atoms with Crippen LogP contribution >= 0.6 is 0 Å². The Hall–Kier alpha value is -3.57. The fourth-order valence-electron chi connectivity index (χ4n) is 3.88. The molecular weight excluding hydrogens is 406 g/mol. The molecule has 3 rings (SSSR count). The Balaban J connectivity index is 1.55. The first-order valence-electron chi connectivity index (χ1n) is 10.8. The molecule has 0 aliphatic heterocycles. The van der Waals surface area contributed by atoms with Crippen LogP contribution in [0, 0.1) is 5.92 Å². The predicted octanol–water partition coefficient (Wildman–Crippen LogP) is 5.07. The van der Waals surface area contributed by atoms with Crippen molar-refractivity contribution in [1.29, 1.82) is 0 Å². The Morgan fingerprint density at radius 3 is 2.09 bits per heavy atom. The van der Waals surface area contributed by atoms with Crippen LogP contribution in [0.15, 0.2) is 53.6 Å². The molecule has 2 aromatic carbocycles. The van der Waals surface area contributed by atoms with Crippen molar-refractivity contribution in [3.05, 3.63) is 70.1 Å². The quantitative estimate of drug-likeness (QED) is 0.130. The lowest BCUT2D eigenvalue weighted by molar-refractivity contribution is -0.136. The van der Waals surface area contributed by atoms with E-state index in [-0.39, 0.29) is 48.8 Å². The van der Waals surface area contributed by atoms with Crippen LogP contribution in [0.5, 0.6) is 0 Å². The molecule has 1 aliphatic carbocycles. The number of carbonyl (C=O) groups is 4. The summed E-state index contributed by atoms with van der Waals surface area (Å²) in [5.74, 6) is -0.796. The molecule has 0 saturated heterocycles. The fourth-order valence-corrected chi connectivity index (χ4v) is 3.88. The van der Waals surface area contributed by atoms with Gasteiger partial charge in [-0.3, -0.25) is 19.2 Å². The first-order chi connectivity index (χ1) is 15.5. The summed E-state index contributed by atoms with van der Waals surface area (Å²) in [4.78, 5) is 50.6. The molecule has 0 aromatic heterocycles. The number of ketones is 4. The van der Waals surface area contributed by atoms with Gasteiger partial charge in [0.1, 0.15) is 17.3 Å². The molecule has 7 heteroatoms. The SMILES string of the molecule is [N-]=[N+]=NCCCCC(=O)c1ccc(-c2ccc(CC(=O)C3CC(=O)CC(=O)C3)cc2)cc1. The van der Waals surface area contributed by atoms with Crippen molar-refractivity contribution >= 4 is 23.1 Å². The monoisotopic (exact) mass is 431 g/mol. The summed E-state index contributed by atoms with van der Waals surface area (Å²) >= 11 is 0. The van der Waals surface area contributed by atoms with Gasteiger partial charge in [-0.15, -0.1) is 0 Å². The van der Waals surface area contributed by atoms with Crippen LogP contribution in [-0.4, -0.2) is 29.7 Å². The molecule has 1 fully saturated rings. The third-order valence-electron chi connectivity index (χ3n) is 5.65. The maximum Gasteiger partial charge on any atom is 0.162 e. The summed E-state index contributed by atoms with van der Waals surface area (Å²) < 4.78 is 0. The standard InChI is InChI=1S/C25H25N3O4/c26-28-27-12-2-1-3-24(31)20-10-8-19(9-11-20)18-6-4-17(5-7-18)13-25(32)21-14-22(29)16-23(30)15-21/h4-11,21H,1-3,12-16H2. The maximum absolute atomic E-state index is 12.5. The lowest BCUT2D eigenvalue weighted by Crippen LogP contribution is -2.29. The minimum Gasteiger partial charge on any atom is -0.299 e. The van der Waals surface area contributed by atoms with Crippen LogP contribution in [0.3, 0.4) is 0 Å². The van der Waals surface area contributed by atoms with Crippen LogP contribution in [0.4, 0.5) is 0 Å². The van der Waals surface area contributed by atoms with E-state index in [1.165, 1.54) is 0 Å². The van der Waals surface area contributed by atoms with Crippen molar-refractivity contribution in [2.75, 3.05) is 6.54 Å². The molecule has 0 unspecified atom stereocenters. The Morgan fingerprint density at radius 1 is 0.906 bits per heavy atom. The number of hydrogen-bond donors (Lipinski definition) is 0. The van der Waals surface area contributed by atoms with Crippen LogP contribution < -0.4 is 0 Å². The van der Waals surface area contributed by atoms with E-state index in [2.05, 4.69) is 10.0 Å². The zero-order valence-corrected chi connectivity index (χ0v) is 17.8. The Labute approximate surface area is 186 Å². The predicted molar refractivity (Wildman–Crippen MR) is 120 cm³/mol. The summed E-state index contributed by atoms with van der Waals surface area (Å²) in [7, 11) is 0. The molecule has 7 nitrogen and oxygen atoms in total. The molecule has 0 atom stereocenters. The third-order valence-corrected chi connectivity index (χ3v) is 5.65. The van der Waals surface area contributed by atoms with Crippen LogP contribution in [0.1, 0.15) is 54.4 Å². The maximum atomic E-state index is 12.5. The lowest BCUT2D eigenvalue weighted by atomic mass is 9.83. The van der Waals surface area contributed by atoms with Gasteiger partial charge in [0.15, 0.2) is 5.78 Å². The van der Waals surface area contributed by atoms with Gasteiger partial charge in [0.05, 0.1) is 6.42 Å². The van der Waals surface area contributed by atoms with Gasteiger partial charge in [-0.1, -0.05) is 53.6 Å². The van der Waals surface area contributed by atoms with Crippen molar-refractivity contribution in [3.63, 3.8) is 0 Å². The zero-order chi connectivity index (χ0) is 22.9. The number of unbranched alkanes of at least 4 members (excludes halogenated alkanes) is 1. The summed E-state index contributed by atoms with van der Waals surface area (Å²) in [6, 6.07) is 15.0. The second-order valence-electron chi connectivity index (χ2n) is 8.11. The summed E-state index contributed by atoms with van der Waals surface area (Å²) in [6.45, 7) is 0.404. The minimum atomic E-state index is -0.493. The van der Waals surface area contributed by atoms with E-state index in [9.17, 15) is 19.2 Å². The molecule has 0 N–H and O–H groups in total. The normalized spacial score (nSPS) is 14.1. The number of rotatable bonds is 10. The smallest absolute Gasteiger partial charge is 0.162 e. The molecule has 0 heterocycles. The van der Waals surface area contributed by atoms with Crippen molar-refractivity contribution in [3.8, 4) is 11.1 Å². The van der Waals surface area contributed by atoms with Gasteiger partial charge in [0.2, 0.25) is 0 Å². The largest absolute Gasteiger partial charge is 0.299 e. The van der Waals surface area contributed by atoms with Crippen molar-refractivity contribution in [2.24, 2.45) is 11.0 Å². The average Bonchev–Trinajstić information content (AvgIpc) is 2.79. The number of benzene rings is 2. The van der Waals surface area contributed by atoms with Gasteiger partial charge in [-0.2, -0.15) is 0 Å². The van der Waals surface area contributed by atoms with Crippen LogP contribution in [0.2, 0.25) is 0 Å². The molecule has 0 amide bonds. The van der Waals surface area contributed by atoms with E-state index in [0.717, 1.165) is 16.7 Å². The second-order valence-corrected chi connectivity index (χ2v) is 8.11. The number of hydrogen-bond acceptors (Lipinski definition) is 5. The first-order valence-corrected chi connectivity index (χ1v) is 10.8. The summed E-state index contributed by atoms with van der Waals surface area (Å²) in [6.07, 6.45) is 2.29. The molecule has 32 heavy (non-hydrogen) atoms. The van der Waals surface area contributed by atoms with Gasteiger partial charge in [-0.05, 0) is 35.1 Å². The third kappa shape index (κ3) is 6.46. The molecule has 1 aliphatic rings. The number of Topliss-reactive ketones (excluding diaryl/α,β-unsaturated/α-hetero) is 4. The number of carbonyl (C=O) groups excluding carboxylic acids is 4. The molecule has 0 bridgehead atoms. The van der Waals surface area contributed by atoms with E-state index in [4.69, 9.17) is 5.53 Å². The second kappa shape index (κ2) is 11.2. The minimum absolute atomic E-state index is 0.0414. The van der Waals surface area contributed by atoms with Crippen molar-refractivity contribution < 1.29 is 19.2 Å². The number of azide groups is 1. The highest BCUT2D eigenvalue weighted by Gasteiger charge is 2.30. The molecule has 1 saturated carbocycles. The first kappa shape index (κ1) is 23.1. The van der Waals surface area contributed by atoms with Crippen LogP contribution in [-0.2, 0) is 20.8 Å². The van der Waals surface area contributed by atoms with Gasteiger partial charge in [0.25, 0.3) is 0 Å². The highest BCUT2D eigenvalue weighted by molar-refractivity contribution is 6.05. The van der Waals surface area contributed by atoms with Gasteiger partial charge < -0.3 is 0 Å². The van der Waals surface area contributed by atoms with Crippen molar-refractivity contribution in [1.82, 2.24) is 0 Å². The van der Waals surface area contributed by atoms with Crippen LogP contribution in [0.25, 0.3) is 21.6 Å². The topological polar surface area (TPSA) is 117 Å². The molecule has 0 spiro atoms. The van der Waals surface area contributed by atoms with E-state index < -0.39 is 5.92 Å². The number of nitrogens with zero attached hydrogens (tertiary/aromatic N) is 3. The van der Waals surface area contributed by atoms with Crippen molar-refractivity contribution in [2.45, 2.75) is 44.9 Å². The van der Waals surface area contributed by atoms with E-state index in [0.29, 0.717) is 31.4 Å². The van der Waals surface area contributed by atoms with E-state index in [1.807, 2.05) is 36.4 Å². The Kier molecular flexibility index (Phi) is 8.06. The lowest BCUT2D eigenvalue weighted by Gasteiger charge is -2.18. The molecular formula is C25H25N3O4. The Morgan fingerprint density at radius 2 is 1.50 bits per heavy atom. The molecule has 164 valence electrons. The van der Waals surface area contributed by atoms with Gasteiger partial charge in [0, 0.05) is 48.6 Å². The summed E-state index contributed by atoms with van der Waals surface area (Å²) in [5, 5.41) is 3.46. The zero-order valence-electron chi connectivity index (χ0n) is 17.8. The molecule has 2 aromatic rings. The average molecular weight is 431 g/mol. The van der Waals surface area contributed by atoms with Gasteiger partial charge >= 0.3 is 0 Å².